The van der Waals surface area contributed by atoms with Crippen molar-refractivity contribution < 1.29 is 38.7 Å². The van der Waals surface area contributed by atoms with Crippen molar-refractivity contribution in [2.75, 3.05) is 26.6 Å². The fourth-order valence-corrected chi connectivity index (χ4v) is 5.28. The molecular weight excluding hydrogens is 538 g/mol. The van der Waals surface area contributed by atoms with Crippen LogP contribution in [0.25, 0.3) is 21.9 Å². The summed E-state index contributed by atoms with van der Waals surface area (Å²) in [5, 5.41) is 25.8. The van der Waals surface area contributed by atoms with E-state index in [4.69, 9.17) is 23.7 Å². The molecule has 0 saturated carbocycles. The van der Waals surface area contributed by atoms with Gasteiger partial charge in [0.15, 0.2) is 0 Å². The highest BCUT2D eigenvalue weighted by Gasteiger charge is 2.50. The van der Waals surface area contributed by atoms with E-state index in [9.17, 15) is 15.0 Å². The van der Waals surface area contributed by atoms with Crippen LogP contribution in [0.4, 0.5) is 5.69 Å². The molecule has 0 spiro atoms. The second kappa shape index (κ2) is 12.0. The summed E-state index contributed by atoms with van der Waals surface area (Å²) in [6, 6.07) is 23.8. The Morgan fingerprint density at radius 3 is 2.33 bits per heavy atom. The van der Waals surface area contributed by atoms with Gasteiger partial charge in [-0.1, -0.05) is 24.3 Å². The molecule has 1 fully saturated rings. The van der Waals surface area contributed by atoms with Gasteiger partial charge in [0.2, 0.25) is 6.29 Å². The van der Waals surface area contributed by atoms with E-state index in [0.29, 0.717) is 28.5 Å². The van der Waals surface area contributed by atoms with Gasteiger partial charge in [-0.05, 0) is 84.8 Å². The largest absolute Gasteiger partial charge is 0.497 e. The van der Waals surface area contributed by atoms with E-state index in [0.717, 1.165) is 21.9 Å². The van der Waals surface area contributed by atoms with Crippen LogP contribution in [0, 0.1) is 0 Å². The lowest BCUT2D eigenvalue weighted by Gasteiger charge is -2.46. The van der Waals surface area contributed by atoms with Crippen molar-refractivity contribution in [3.05, 3.63) is 84.4 Å². The van der Waals surface area contributed by atoms with Crippen LogP contribution in [-0.2, 0) is 9.47 Å². The summed E-state index contributed by atoms with van der Waals surface area (Å²) in [6.07, 6.45) is -4.25. The molecule has 1 amide bonds. The Kier molecular flexibility index (Phi) is 8.38. The number of nitrogens with one attached hydrogen (secondary N) is 1. The first-order valence-electron chi connectivity index (χ1n) is 13.5. The number of benzene rings is 4. The van der Waals surface area contributed by atoms with E-state index in [1.165, 1.54) is 7.11 Å². The molecule has 4 atom stereocenters. The molecule has 0 aliphatic carbocycles. The van der Waals surface area contributed by atoms with E-state index in [1.54, 1.807) is 58.4 Å². The lowest BCUT2D eigenvalue weighted by molar-refractivity contribution is -0.305. The van der Waals surface area contributed by atoms with Crippen molar-refractivity contribution in [1.82, 2.24) is 0 Å². The maximum Gasteiger partial charge on any atom is 0.255 e. The number of methoxy groups -OCH3 is 3. The molecule has 0 radical (unpaired) electrons. The van der Waals surface area contributed by atoms with Gasteiger partial charge in [-0.3, -0.25) is 4.79 Å². The van der Waals surface area contributed by atoms with Gasteiger partial charge in [0, 0.05) is 23.9 Å². The number of aliphatic hydroxyl groups is 2. The first kappa shape index (κ1) is 29.3. The zero-order chi connectivity index (χ0) is 30.0. The van der Waals surface area contributed by atoms with Crippen molar-refractivity contribution in [2.24, 2.45) is 0 Å². The summed E-state index contributed by atoms with van der Waals surface area (Å²) in [4.78, 5) is 13.2. The summed E-state index contributed by atoms with van der Waals surface area (Å²) < 4.78 is 28.1. The average molecular weight is 574 g/mol. The molecule has 1 aliphatic heterocycles. The molecule has 3 N–H and O–H groups in total. The van der Waals surface area contributed by atoms with Crippen LogP contribution in [-0.4, -0.2) is 67.7 Å². The Morgan fingerprint density at radius 1 is 0.833 bits per heavy atom. The SMILES string of the molecule is COc1cccc(-c2cc(C(=O)Nc3ccc4cc(O[C@@H]5OC(C)(C)[C@H](OC)[C@@H](O)[C@H]5O)ccc4c3)ccc2OC)c1. The predicted molar refractivity (Wildman–Crippen MR) is 159 cm³/mol. The van der Waals surface area contributed by atoms with Gasteiger partial charge in [0.1, 0.15) is 35.6 Å². The summed E-state index contributed by atoms with van der Waals surface area (Å²) in [5.41, 5.74) is 1.87. The second-order valence-corrected chi connectivity index (χ2v) is 10.7. The molecule has 1 saturated heterocycles. The Morgan fingerprint density at radius 2 is 1.60 bits per heavy atom. The minimum Gasteiger partial charge on any atom is -0.497 e. The molecule has 0 unspecified atom stereocenters. The number of anilines is 1. The maximum absolute atomic E-state index is 13.2. The van der Waals surface area contributed by atoms with Crippen molar-refractivity contribution in [3.8, 4) is 28.4 Å². The van der Waals surface area contributed by atoms with Gasteiger partial charge in [-0.15, -0.1) is 0 Å². The summed E-state index contributed by atoms with van der Waals surface area (Å²) in [7, 11) is 4.66. The number of hydrogen-bond donors (Lipinski definition) is 3. The molecule has 9 heteroatoms. The highest BCUT2D eigenvalue weighted by atomic mass is 16.7. The first-order valence-corrected chi connectivity index (χ1v) is 13.5. The zero-order valence-electron chi connectivity index (χ0n) is 24.2. The van der Waals surface area contributed by atoms with Crippen LogP contribution in [0.2, 0.25) is 0 Å². The Balaban J connectivity index is 1.32. The van der Waals surface area contributed by atoms with E-state index < -0.39 is 30.2 Å². The third kappa shape index (κ3) is 5.91. The molecule has 9 nitrogen and oxygen atoms in total. The standard InChI is InChI=1S/C33H35NO8/c1-33(2)30(40-5)28(35)29(36)32(42-33)41-25-13-10-19-15-23(12-9-20(19)16-25)34-31(37)22-11-14-27(39-4)26(18-22)21-7-6-8-24(17-21)38-3/h6-18,28-30,32,35-36H,1-5H3,(H,34,37)/t28-,29+,30+,32+/m0/s1. The highest BCUT2D eigenvalue weighted by Crippen LogP contribution is 2.35. The molecule has 4 aromatic carbocycles. The van der Waals surface area contributed by atoms with Gasteiger partial charge in [0.05, 0.1) is 19.8 Å². The monoisotopic (exact) mass is 573 g/mol. The average Bonchev–Trinajstić information content (AvgIpc) is 2.99. The number of carbonyl (C=O) groups excluding carboxylic acids is 1. The normalized spacial score (nSPS) is 21.5. The predicted octanol–water partition coefficient (Wildman–Crippen LogP) is 5.03. The number of carbonyl (C=O) groups is 1. The highest BCUT2D eigenvalue weighted by molar-refractivity contribution is 6.06. The van der Waals surface area contributed by atoms with Crippen molar-refractivity contribution in [2.45, 2.75) is 44.1 Å². The molecule has 4 aromatic rings. The third-order valence-electron chi connectivity index (χ3n) is 7.46. The molecule has 1 heterocycles. The minimum atomic E-state index is -1.29. The van der Waals surface area contributed by atoms with E-state index >= 15 is 0 Å². The molecule has 1 aliphatic rings. The fraction of sp³-hybridized carbons (Fsp3) is 0.303. The second-order valence-electron chi connectivity index (χ2n) is 10.7. The Bertz CT molecular complexity index is 1590. The van der Waals surface area contributed by atoms with E-state index in [1.807, 2.05) is 48.5 Å². The number of ether oxygens (including phenoxy) is 5. The maximum atomic E-state index is 13.2. The van der Waals surface area contributed by atoms with Gasteiger partial charge < -0.3 is 39.2 Å². The van der Waals surface area contributed by atoms with Crippen molar-refractivity contribution in [3.63, 3.8) is 0 Å². The number of amides is 1. The molecular formula is C33H35NO8. The molecule has 0 bridgehead atoms. The third-order valence-corrected chi connectivity index (χ3v) is 7.46. The van der Waals surface area contributed by atoms with Gasteiger partial charge >= 0.3 is 0 Å². The molecule has 0 aromatic heterocycles. The summed E-state index contributed by atoms with van der Waals surface area (Å²) in [6.45, 7) is 3.54. The quantitative estimate of drug-likeness (QED) is 0.269. The van der Waals surface area contributed by atoms with Gasteiger partial charge in [0.25, 0.3) is 5.91 Å². The van der Waals surface area contributed by atoms with E-state index in [2.05, 4.69) is 5.32 Å². The number of fused-ring (bicyclic) bond motifs is 1. The van der Waals surface area contributed by atoms with Gasteiger partial charge in [-0.2, -0.15) is 0 Å². The van der Waals surface area contributed by atoms with Crippen molar-refractivity contribution in [1.29, 1.82) is 0 Å². The minimum absolute atomic E-state index is 0.264. The topological polar surface area (TPSA) is 116 Å². The van der Waals surface area contributed by atoms with Crippen LogP contribution in [0.1, 0.15) is 24.2 Å². The Hall–Kier alpha value is -4.15. The first-order chi connectivity index (χ1) is 20.1. The van der Waals surface area contributed by atoms with Crippen LogP contribution in [0.5, 0.6) is 17.2 Å². The van der Waals surface area contributed by atoms with Crippen LogP contribution < -0.4 is 19.5 Å². The molecule has 42 heavy (non-hydrogen) atoms. The fourth-order valence-electron chi connectivity index (χ4n) is 5.28. The lowest BCUT2D eigenvalue weighted by atomic mass is 9.89. The van der Waals surface area contributed by atoms with Crippen LogP contribution in [0.15, 0.2) is 78.9 Å². The van der Waals surface area contributed by atoms with Crippen molar-refractivity contribution >= 4 is 22.4 Å². The van der Waals surface area contributed by atoms with Crippen LogP contribution >= 0.6 is 0 Å². The van der Waals surface area contributed by atoms with E-state index in [-0.39, 0.29) is 5.91 Å². The van der Waals surface area contributed by atoms with Crippen LogP contribution in [0.3, 0.4) is 0 Å². The summed E-state index contributed by atoms with van der Waals surface area (Å²) >= 11 is 0. The number of aliphatic hydroxyl groups excluding tert-OH is 2. The Labute approximate surface area is 244 Å². The number of rotatable bonds is 8. The van der Waals surface area contributed by atoms with Gasteiger partial charge in [-0.25, -0.2) is 0 Å². The zero-order valence-corrected chi connectivity index (χ0v) is 24.2. The molecule has 5 rings (SSSR count). The number of hydrogen-bond acceptors (Lipinski definition) is 8. The molecule has 220 valence electrons. The summed E-state index contributed by atoms with van der Waals surface area (Å²) in [5.74, 6) is 1.55. The lowest BCUT2D eigenvalue weighted by Crippen LogP contribution is -2.63. The smallest absolute Gasteiger partial charge is 0.255 e.